The second-order valence-electron chi connectivity index (χ2n) is 2.18. The zero-order valence-electron chi connectivity index (χ0n) is 6.07. The van der Waals surface area contributed by atoms with Gasteiger partial charge in [0.2, 0.25) is 0 Å². The van der Waals surface area contributed by atoms with E-state index in [2.05, 4.69) is 0 Å². The lowest BCUT2D eigenvalue weighted by molar-refractivity contribution is -0.131. The van der Waals surface area contributed by atoms with Crippen LogP contribution in [0.2, 0.25) is 0 Å². The van der Waals surface area contributed by atoms with Crippen molar-refractivity contribution in [1.29, 1.82) is 0 Å². The Balaban J connectivity index is 2.79. The summed E-state index contributed by atoms with van der Waals surface area (Å²) in [5, 5.41) is 12.2. The Bertz CT molecular complexity index is 286. The number of carboxylic acid groups (broad SMARTS) is 1. The molecule has 0 fully saturated rings. The van der Waals surface area contributed by atoms with E-state index >= 15 is 0 Å². The minimum Gasteiger partial charge on any atom is -0.478 e. The lowest BCUT2D eigenvalue weighted by Gasteiger charge is -1.86. The minimum atomic E-state index is -0.907. The number of aryl methyl sites for hydroxylation is 1. The van der Waals surface area contributed by atoms with Crippen LogP contribution < -0.4 is 0 Å². The van der Waals surface area contributed by atoms with Crippen LogP contribution >= 0.6 is 11.3 Å². The van der Waals surface area contributed by atoms with Crippen molar-refractivity contribution in [2.45, 2.75) is 6.92 Å². The molecule has 0 aliphatic heterocycles. The molecule has 1 aromatic heterocycles. The molecular weight excluding hydrogens is 160 g/mol. The quantitative estimate of drug-likeness (QED) is 0.687. The lowest BCUT2D eigenvalue weighted by Crippen LogP contribution is -1.85. The summed E-state index contributed by atoms with van der Waals surface area (Å²) >= 11 is 1.57. The molecule has 0 bridgehead atoms. The van der Waals surface area contributed by atoms with Gasteiger partial charge < -0.3 is 5.11 Å². The normalized spacial score (nSPS) is 10.6. The van der Waals surface area contributed by atoms with Crippen molar-refractivity contribution < 1.29 is 9.90 Å². The van der Waals surface area contributed by atoms with E-state index in [1.807, 2.05) is 17.7 Å². The predicted molar refractivity (Wildman–Crippen MR) is 45.7 cm³/mol. The summed E-state index contributed by atoms with van der Waals surface area (Å²) in [6.45, 7) is 1.96. The van der Waals surface area contributed by atoms with Gasteiger partial charge in [0, 0.05) is 6.08 Å². The Labute approximate surface area is 68.8 Å². The van der Waals surface area contributed by atoms with Gasteiger partial charge in [-0.1, -0.05) is 0 Å². The van der Waals surface area contributed by atoms with Gasteiger partial charge in [-0.15, -0.1) is 0 Å². The standard InChI is InChI=1S/C8H8O2S/c1-6-4-11-5-7(6)2-3-8(9)10/h2-5H,1H3,(H,9,10)/b3-2+. The Kier molecular flexibility index (Phi) is 2.44. The second-order valence-corrected chi connectivity index (χ2v) is 2.93. The van der Waals surface area contributed by atoms with Gasteiger partial charge in [0.15, 0.2) is 0 Å². The highest BCUT2D eigenvalue weighted by molar-refractivity contribution is 7.08. The van der Waals surface area contributed by atoms with Crippen LogP contribution in [-0.4, -0.2) is 11.1 Å². The number of aliphatic carboxylic acids is 1. The second kappa shape index (κ2) is 3.34. The maximum atomic E-state index is 10.1. The van der Waals surface area contributed by atoms with Crippen molar-refractivity contribution in [1.82, 2.24) is 0 Å². The third-order valence-corrected chi connectivity index (χ3v) is 2.18. The monoisotopic (exact) mass is 168 g/mol. The molecule has 0 radical (unpaired) electrons. The van der Waals surface area contributed by atoms with Crippen LogP contribution in [-0.2, 0) is 4.79 Å². The molecule has 11 heavy (non-hydrogen) atoms. The first-order valence-electron chi connectivity index (χ1n) is 3.14. The molecule has 0 aliphatic carbocycles. The molecule has 0 atom stereocenters. The first-order valence-corrected chi connectivity index (χ1v) is 4.08. The van der Waals surface area contributed by atoms with Crippen molar-refractivity contribution in [3.8, 4) is 0 Å². The first kappa shape index (κ1) is 8.01. The molecule has 1 heterocycles. The summed E-state index contributed by atoms with van der Waals surface area (Å²) in [5.74, 6) is -0.907. The molecule has 0 aliphatic rings. The Hall–Kier alpha value is -1.09. The van der Waals surface area contributed by atoms with Gasteiger partial charge in [-0.05, 0) is 34.9 Å². The number of rotatable bonds is 2. The smallest absolute Gasteiger partial charge is 0.328 e. The molecule has 2 nitrogen and oxygen atoms in total. The Morgan fingerprint density at radius 3 is 2.82 bits per heavy atom. The zero-order valence-corrected chi connectivity index (χ0v) is 6.89. The fraction of sp³-hybridized carbons (Fsp3) is 0.125. The van der Waals surface area contributed by atoms with Gasteiger partial charge in [0.25, 0.3) is 0 Å². The van der Waals surface area contributed by atoms with Crippen LogP contribution in [0, 0.1) is 6.92 Å². The largest absolute Gasteiger partial charge is 0.478 e. The molecule has 0 saturated carbocycles. The number of thiophene rings is 1. The Morgan fingerprint density at radius 2 is 2.36 bits per heavy atom. The molecule has 1 aromatic rings. The molecule has 0 unspecified atom stereocenters. The number of hydrogen-bond acceptors (Lipinski definition) is 2. The van der Waals surface area contributed by atoms with Crippen molar-refractivity contribution >= 4 is 23.4 Å². The van der Waals surface area contributed by atoms with Crippen LogP contribution in [0.5, 0.6) is 0 Å². The summed E-state index contributed by atoms with van der Waals surface area (Å²) in [4.78, 5) is 10.1. The summed E-state index contributed by atoms with van der Waals surface area (Å²) < 4.78 is 0. The van der Waals surface area contributed by atoms with E-state index in [1.165, 1.54) is 0 Å². The van der Waals surface area contributed by atoms with Crippen molar-refractivity contribution in [2.75, 3.05) is 0 Å². The highest BCUT2D eigenvalue weighted by atomic mass is 32.1. The molecule has 58 valence electrons. The molecule has 0 amide bonds. The summed E-state index contributed by atoms with van der Waals surface area (Å²) in [5.41, 5.74) is 2.10. The van der Waals surface area contributed by atoms with E-state index in [9.17, 15) is 4.79 Å². The zero-order chi connectivity index (χ0) is 8.27. The van der Waals surface area contributed by atoms with Gasteiger partial charge in [-0.25, -0.2) is 4.79 Å². The van der Waals surface area contributed by atoms with Crippen LogP contribution in [0.4, 0.5) is 0 Å². The molecule has 3 heteroatoms. The summed E-state index contributed by atoms with van der Waals surface area (Å²) in [7, 11) is 0. The summed E-state index contributed by atoms with van der Waals surface area (Å²) in [6, 6.07) is 0. The highest BCUT2D eigenvalue weighted by Crippen LogP contribution is 2.14. The van der Waals surface area contributed by atoms with Crippen molar-refractivity contribution in [3.05, 3.63) is 28.0 Å². The highest BCUT2D eigenvalue weighted by Gasteiger charge is 1.94. The maximum Gasteiger partial charge on any atom is 0.328 e. The molecule has 1 rings (SSSR count). The summed E-state index contributed by atoms with van der Waals surface area (Å²) in [6.07, 6.45) is 2.75. The first-order chi connectivity index (χ1) is 5.20. The lowest BCUT2D eigenvalue weighted by atomic mass is 10.2. The van der Waals surface area contributed by atoms with Crippen molar-refractivity contribution in [2.24, 2.45) is 0 Å². The third kappa shape index (κ3) is 2.20. The van der Waals surface area contributed by atoms with E-state index in [0.717, 1.165) is 17.2 Å². The molecular formula is C8H8O2S. The topological polar surface area (TPSA) is 37.3 Å². The van der Waals surface area contributed by atoms with E-state index < -0.39 is 5.97 Å². The third-order valence-electron chi connectivity index (χ3n) is 1.30. The van der Waals surface area contributed by atoms with E-state index in [0.29, 0.717) is 0 Å². The van der Waals surface area contributed by atoms with E-state index in [-0.39, 0.29) is 0 Å². The van der Waals surface area contributed by atoms with Crippen LogP contribution in [0.15, 0.2) is 16.8 Å². The van der Waals surface area contributed by atoms with Crippen LogP contribution in [0.25, 0.3) is 6.08 Å². The van der Waals surface area contributed by atoms with Crippen LogP contribution in [0.1, 0.15) is 11.1 Å². The number of hydrogen-bond donors (Lipinski definition) is 1. The fourth-order valence-electron chi connectivity index (χ4n) is 0.702. The fourth-order valence-corrected chi connectivity index (χ4v) is 1.52. The maximum absolute atomic E-state index is 10.1. The van der Waals surface area contributed by atoms with E-state index in [1.54, 1.807) is 17.4 Å². The minimum absolute atomic E-state index is 0.907. The van der Waals surface area contributed by atoms with Gasteiger partial charge in [-0.3, -0.25) is 0 Å². The van der Waals surface area contributed by atoms with Crippen molar-refractivity contribution in [3.63, 3.8) is 0 Å². The van der Waals surface area contributed by atoms with Gasteiger partial charge in [0.05, 0.1) is 0 Å². The molecule has 0 aromatic carbocycles. The number of carbonyl (C=O) groups is 1. The van der Waals surface area contributed by atoms with E-state index in [4.69, 9.17) is 5.11 Å². The average Bonchev–Trinajstić information content (AvgIpc) is 2.31. The van der Waals surface area contributed by atoms with Gasteiger partial charge >= 0.3 is 5.97 Å². The average molecular weight is 168 g/mol. The Morgan fingerprint density at radius 1 is 1.64 bits per heavy atom. The molecule has 0 spiro atoms. The predicted octanol–water partition coefficient (Wildman–Crippen LogP) is 2.15. The molecule has 1 N–H and O–H groups in total. The van der Waals surface area contributed by atoms with Crippen LogP contribution in [0.3, 0.4) is 0 Å². The number of carboxylic acids is 1. The molecule has 0 saturated heterocycles. The van der Waals surface area contributed by atoms with Gasteiger partial charge in [0.1, 0.15) is 0 Å². The SMILES string of the molecule is Cc1cscc1/C=C/C(=O)O. The van der Waals surface area contributed by atoms with Gasteiger partial charge in [-0.2, -0.15) is 11.3 Å².